The number of aryl methyl sites for hydroxylation is 1. The summed E-state index contributed by atoms with van der Waals surface area (Å²) >= 11 is 0. The van der Waals surface area contributed by atoms with Crippen molar-refractivity contribution < 1.29 is 14.3 Å². The van der Waals surface area contributed by atoms with Crippen LogP contribution in [0.25, 0.3) is 0 Å². The van der Waals surface area contributed by atoms with E-state index in [-0.39, 0.29) is 29.8 Å². The number of ether oxygens (including phenoxy) is 1. The van der Waals surface area contributed by atoms with Crippen molar-refractivity contribution in [3.05, 3.63) is 41.6 Å². The molecule has 0 spiro atoms. The molecular weight excluding hydrogens is 408 g/mol. The number of hydrogen-bond acceptors (Lipinski definition) is 7. The predicted octanol–water partition coefficient (Wildman–Crippen LogP) is 2.21. The van der Waals surface area contributed by atoms with Gasteiger partial charge >= 0.3 is 0 Å². The molecule has 9 nitrogen and oxygen atoms in total. The molecule has 0 radical (unpaired) electrons. The average molecular weight is 439 g/mol. The van der Waals surface area contributed by atoms with E-state index >= 15 is 0 Å². The minimum absolute atomic E-state index is 0.0401. The van der Waals surface area contributed by atoms with Crippen molar-refractivity contribution in [1.29, 1.82) is 0 Å². The summed E-state index contributed by atoms with van der Waals surface area (Å²) in [5.41, 5.74) is 2.20. The van der Waals surface area contributed by atoms with Gasteiger partial charge in [0.15, 0.2) is 11.9 Å². The van der Waals surface area contributed by atoms with Gasteiger partial charge in [-0.05, 0) is 18.4 Å². The van der Waals surface area contributed by atoms with Gasteiger partial charge in [-0.2, -0.15) is 4.98 Å². The third kappa shape index (κ3) is 4.00. The van der Waals surface area contributed by atoms with Gasteiger partial charge in [-0.25, -0.2) is 4.98 Å². The molecule has 170 valence electrons. The van der Waals surface area contributed by atoms with Crippen molar-refractivity contribution in [2.75, 3.05) is 42.8 Å². The molecule has 1 fully saturated rings. The standard InChI is InChI=1S/C23H30N6O3/c1-13(2)18-21(30)26-17-14(3)24-23(27-20(17)28(18)4)25-16-11-29(12-16)22(31)19(32-5)15-9-7-6-8-10-15/h6-10,13,16,18-19H,11-12H2,1-5H3,(H,26,30)(H,24,25,27). The second kappa shape index (κ2) is 8.74. The van der Waals surface area contributed by atoms with E-state index in [1.807, 2.05) is 63.1 Å². The number of aromatic nitrogens is 2. The van der Waals surface area contributed by atoms with Gasteiger partial charge in [0.2, 0.25) is 11.9 Å². The summed E-state index contributed by atoms with van der Waals surface area (Å²) in [6, 6.07) is 9.26. The number of carbonyl (C=O) groups is 2. The number of benzene rings is 1. The molecule has 1 saturated heterocycles. The second-order valence-corrected chi connectivity index (χ2v) is 8.73. The maximum absolute atomic E-state index is 12.9. The summed E-state index contributed by atoms with van der Waals surface area (Å²) in [4.78, 5) is 38.2. The Balaban J connectivity index is 1.43. The van der Waals surface area contributed by atoms with Gasteiger partial charge in [0, 0.05) is 27.2 Å². The molecule has 0 saturated carbocycles. The molecule has 2 aliphatic heterocycles. The molecule has 2 unspecified atom stereocenters. The average Bonchev–Trinajstić information content (AvgIpc) is 2.72. The summed E-state index contributed by atoms with van der Waals surface area (Å²) in [6.45, 7) is 6.98. The van der Waals surface area contributed by atoms with Crippen LogP contribution in [0.15, 0.2) is 30.3 Å². The van der Waals surface area contributed by atoms with E-state index in [1.165, 1.54) is 0 Å². The monoisotopic (exact) mass is 438 g/mol. The molecule has 2 N–H and O–H groups in total. The number of fused-ring (bicyclic) bond motifs is 1. The summed E-state index contributed by atoms with van der Waals surface area (Å²) in [5.74, 6) is 1.25. The van der Waals surface area contributed by atoms with Crippen molar-refractivity contribution in [3.8, 4) is 0 Å². The maximum atomic E-state index is 12.9. The number of carbonyl (C=O) groups excluding carboxylic acids is 2. The van der Waals surface area contributed by atoms with Gasteiger partial charge in [0.25, 0.3) is 5.91 Å². The Bertz CT molecular complexity index is 1010. The Hall–Kier alpha value is -3.20. The van der Waals surface area contributed by atoms with Crippen LogP contribution in [0.5, 0.6) is 0 Å². The van der Waals surface area contributed by atoms with E-state index < -0.39 is 6.10 Å². The fourth-order valence-corrected chi connectivity index (χ4v) is 4.38. The molecule has 4 rings (SSSR count). The van der Waals surface area contributed by atoms with E-state index in [0.29, 0.717) is 36.2 Å². The fraction of sp³-hybridized carbons (Fsp3) is 0.478. The Labute approximate surface area is 188 Å². The van der Waals surface area contributed by atoms with Crippen LogP contribution < -0.4 is 15.5 Å². The minimum atomic E-state index is -0.607. The predicted molar refractivity (Wildman–Crippen MR) is 123 cm³/mol. The summed E-state index contributed by atoms with van der Waals surface area (Å²) in [5, 5.41) is 6.29. The van der Waals surface area contributed by atoms with Crippen molar-refractivity contribution in [3.63, 3.8) is 0 Å². The normalized spacial score (nSPS) is 19.3. The first kappa shape index (κ1) is 22.0. The van der Waals surface area contributed by atoms with Crippen LogP contribution in [0, 0.1) is 12.8 Å². The highest BCUT2D eigenvalue weighted by Crippen LogP contribution is 2.34. The van der Waals surface area contributed by atoms with Gasteiger partial charge in [0.05, 0.1) is 11.7 Å². The van der Waals surface area contributed by atoms with Crippen LogP contribution >= 0.6 is 0 Å². The lowest BCUT2D eigenvalue weighted by atomic mass is 9.99. The lowest BCUT2D eigenvalue weighted by Crippen LogP contribution is -2.58. The first-order valence-electron chi connectivity index (χ1n) is 10.9. The van der Waals surface area contributed by atoms with Crippen LogP contribution in [-0.2, 0) is 14.3 Å². The van der Waals surface area contributed by atoms with Crippen molar-refractivity contribution in [1.82, 2.24) is 14.9 Å². The first-order chi connectivity index (χ1) is 15.3. The van der Waals surface area contributed by atoms with Crippen LogP contribution in [0.4, 0.5) is 17.5 Å². The van der Waals surface area contributed by atoms with Gasteiger partial charge in [-0.1, -0.05) is 44.2 Å². The van der Waals surface area contributed by atoms with E-state index in [2.05, 4.69) is 20.6 Å². The maximum Gasteiger partial charge on any atom is 0.256 e. The molecule has 9 heteroatoms. The quantitative estimate of drug-likeness (QED) is 0.713. The number of methoxy groups -OCH3 is 1. The zero-order valence-corrected chi connectivity index (χ0v) is 19.1. The van der Waals surface area contributed by atoms with Crippen molar-refractivity contribution in [2.45, 2.75) is 39.0 Å². The number of likely N-dealkylation sites (tertiary alicyclic amines) is 1. The minimum Gasteiger partial charge on any atom is -0.367 e. The molecule has 2 aliphatic rings. The number of anilines is 3. The highest BCUT2D eigenvalue weighted by atomic mass is 16.5. The van der Waals surface area contributed by atoms with Crippen molar-refractivity contribution in [2.24, 2.45) is 5.92 Å². The van der Waals surface area contributed by atoms with Gasteiger partial charge < -0.3 is 25.2 Å². The van der Waals surface area contributed by atoms with Crippen LogP contribution in [0.2, 0.25) is 0 Å². The molecule has 2 amide bonds. The Morgan fingerprint density at radius 2 is 1.91 bits per heavy atom. The summed E-state index contributed by atoms with van der Waals surface area (Å²) < 4.78 is 5.46. The van der Waals surface area contributed by atoms with Gasteiger partial charge in [-0.15, -0.1) is 0 Å². The number of nitrogens with one attached hydrogen (secondary N) is 2. The number of rotatable bonds is 6. The zero-order chi connectivity index (χ0) is 23.0. The molecule has 0 bridgehead atoms. The molecule has 2 aromatic rings. The molecule has 1 aromatic carbocycles. The number of amides is 2. The SMILES string of the molecule is COC(C(=O)N1CC(Nc2nc(C)c3c(n2)N(C)C(C(C)C)C(=O)N3)C1)c1ccccc1. The second-order valence-electron chi connectivity index (χ2n) is 8.73. The Morgan fingerprint density at radius 1 is 1.22 bits per heavy atom. The lowest BCUT2D eigenvalue weighted by molar-refractivity contribution is -0.146. The van der Waals surface area contributed by atoms with E-state index in [0.717, 1.165) is 5.56 Å². The third-order valence-corrected chi connectivity index (χ3v) is 6.06. The lowest BCUT2D eigenvalue weighted by Gasteiger charge is -2.41. The highest BCUT2D eigenvalue weighted by molar-refractivity contribution is 6.03. The Kier molecular flexibility index (Phi) is 6.01. The molecule has 3 heterocycles. The van der Waals surface area contributed by atoms with E-state index in [1.54, 1.807) is 12.0 Å². The third-order valence-electron chi connectivity index (χ3n) is 6.06. The smallest absolute Gasteiger partial charge is 0.256 e. The first-order valence-corrected chi connectivity index (χ1v) is 10.9. The van der Waals surface area contributed by atoms with E-state index in [9.17, 15) is 9.59 Å². The summed E-state index contributed by atoms with van der Waals surface area (Å²) in [7, 11) is 3.44. The molecular formula is C23H30N6O3. The zero-order valence-electron chi connectivity index (χ0n) is 19.1. The van der Waals surface area contributed by atoms with Crippen LogP contribution in [0.3, 0.4) is 0 Å². The molecule has 1 aromatic heterocycles. The van der Waals surface area contributed by atoms with Crippen LogP contribution in [0.1, 0.15) is 31.2 Å². The summed E-state index contributed by atoms with van der Waals surface area (Å²) in [6.07, 6.45) is -0.607. The molecule has 0 aliphatic carbocycles. The molecule has 32 heavy (non-hydrogen) atoms. The van der Waals surface area contributed by atoms with Gasteiger partial charge in [0.1, 0.15) is 11.7 Å². The Morgan fingerprint density at radius 3 is 2.53 bits per heavy atom. The number of hydrogen-bond donors (Lipinski definition) is 2. The van der Waals surface area contributed by atoms with Crippen molar-refractivity contribution >= 4 is 29.3 Å². The largest absolute Gasteiger partial charge is 0.367 e. The number of likely N-dealkylation sites (N-methyl/N-ethyl adjacent to an activating group) is 1. The fourth-order valence-electron chi connectivity index (χ4n) is 4.38. The number of nitrogens with zero attached hydrogens (tertiary/aromatic N) is 4. The topological polar surface area (TPSA) is 99.7 Å². The van der Waals surface area contributed by atoms with E-state index in [4.69, 9.17) is 4.74 Å². The molecule has 2 atom stereocenters. The highest BCUT2D eigenvalue weighted by Gasteiger charge is 2.37. The van der Waals surface area contributed by atoms with Gasteiger partial charge in [-0.3, -0.25) is 9.59 Å². The van der Waals surface area contributed by atoms with Crippen LogP contribution in [-0.4, -0.2) is 66.0 Å².